The topological polar surface area (TPSA) is 49.6 Å². The molecule has 3 rings (SSSR count). The van der Waals surface area contributed by atoms with E-state index in [-0.39, 0.29) is 30.7 Å². The Kier molecular flexibility index (Phi) is 8.76. The minimum atomic E-state index is -0.973. The van der Waals surface area contributed by atoms with Crippen LogP contribution in [0.5, 0.6) is 0 Å². The van der Waals surface area contributed by atoms with E-state index >= 15 is 0 Å². The molecule has 1 saturated heterocycles. The summed E-state index contributed by atoms with van der Waals surface area (Å²) in [5, 5.41) is 0. The number of nitrogens with two attached hydrogens (primary N) is 1. The fourth-order valence-electron chi connectivity index (χ4n) is 3.37. The summed E-state index contributed by atoms with van der Waals surface area (Å²) in [6.45, 7) is 8.11. The van der Waals surface area contributed by atoms with Gasteiger partial charge in [0.15, 0.2) is 0 Å². The van der Waals surface area contributed by atoms with E-state index in [1.54, 1.807) is 0 Å². The van der Waals surface area contributed by atoms with Gasteiger partial charge in [-0.15, -0.1) is 24.8 Å². The molecule has 27 heavy (non-hydrogen) atoms. The van der Waals surface area contributed by atoms with Crippen LogP contribution < -0.4 is 5.73 Å². The zero-order chi connectivity index (χ0) is 17.9. The van der Waals surface area contributed by atoms with E-state index in [9.17, 15) is 4.79 Å². The lowest BCUT2D eigenvalue weighted by molar-refractivity contribution is -0.138. The van der Waals surface area contributed by atoms with Crippen LogP contribution in [0.1, 0.15) is 23.6 Å². The van der Waals surface area contributed by atoms with Crippen LogP contribution in [0, 0.1) is 6.92 Å². The van der Waals surface area contributed by atoms with E-state index in [0.717, 1.165) is 38.3 Å². The summed E-state index contributed by atoms with van der Waals surface area (Å²) in [4.78, 5) is 17.2. The number of carbonyl (C=O) groups is 1. The first-order valence-corrected chi connectivity index (χ1v) is 8.89. The van der Waals surface area contributed by atoms with Gasteiger partial charge in [-0.2, -0.15) is 0 Å². The summed E-state index contributed by atoms with van der Waals surface area (Å²) in [6, 6.07) is 18.1. The summed E-state index contributed by atoms with van der Waals surface area (Å²) in [5.74, 6) is 0.00856. The van der Waals surface area contributed by atoms with Crippen molar-refractivity contribution in [2.24, 2.45) is 5.73 Å². The Labute approximate surface area is 174 Å². The van der Waals surface area contributed by atoms with Crippen LogP contribution >= 0.6 is 24.8 Å². The molecule has 1 atom stereocenters. The van der Waals surface area contributed by atoms with Crippen molar-refractivity contribution in [2.45, 2.75) is 25.9 Å². The lowest BCUT2D eigenvalue weighted by Crippen LogP contribution is -2.56. The highest BCUT2D eigenvalue weighted by atomic mass is 35.5. The van der Waals surface area contributed by atoms with Crippen LogP contribution in [0.2, 0.25) is 0 Å². The fraction of sp³-hybridized carbons (Fsp3) is 0.381. The summed E-state index contributed by atoms with van der Waals surface area (Å²) in [7, 11) is 0. The first-order valence-electron chi connectivity index (χ1n) is 8.89. The Morgan fingerprint density at radius 2 is 1.52 bits per heavy atom. The third-order valence-electron chi connectivity index (χ3n) is 5.13. The van der Waals surface area contributed by atoms with Gasteiger partial charge in [-0.1, -0.05) is 54.6 Å². The highest BCUT2D eigenvalue weighted by molar-refractivity contribution is 5.87. The van der Waals surface area contributed by atoms with Gasteiger partial charge in [-0.05, 0) is 30.5 Å². The Hall–Kier alpha value is -1.59. The number of rotatable bonds is 4. The maximum absolute atomic E-state index is 12.9. The largest absolute Gasteiger partial charge is 0.338 e. The van der Waals surface area contributed by atoms with Crippen molar-refractivity contribution < 1.29 is 4.79 Å². The van der Waals surface area contributed by atoms with E-state index in [4.69, 9.17) is 5.73 Å². The molecule has 1 fully saturated rings. The Morgan fingerprint density at radius 1 is 0.963 bits per heavy atom. The maximum Gasteiger partial charge on any atom is 0.247 e. The van der Waals surface area contributed by atoms with E-state index in [0.29, 0.717) is 0 Å². The highest BCUT2D eigenvalue weighted by Crippen LogP contribution is 2.21. The molecule has 1 heterocycles. The van der Waals surface area contributed by atoms with E-state index in [1.165, 1.54) is 11.1 Å². The quantitative estimate of drug-likeness (QED) is 0.841. The number of hydrogen-bond donors (Lipinski definition) is 1. The molecule has 1 unspecified atom stereocenters. The van der Waals surface area contributed by atoms with Gasteiger partial charge in [0, 0.05) is 32.7 Å². The average Bonchev–Trinajstić information content (AvgIpc) is 2.64. The zero-order valence-corrected chi connectivity index (χ0v) is 17.6. The van der Waals surface area contributed by atoms with E-state index < -0.39 is 5.54 Å². The molecule has 2 aromatic rings. The third kappa shape index (κ3) is 5.45. The van der Waals surface area contributed by atoms with Gasteiger partial charge < -0.3 is 10.6 Å². The fourth-order valence-corrected chi connectivity index (χ4v) is 3.37. The van der Waals surface area contributed by atoms with Gasteiger partial charge in [-0.3, -0.25) is 9.69 Å². The van der Waals surface area contributed by atoms with E-state index in [1.807, 2.05) is 42.2 Å². The van der Waals surface area contributed by atoms with Crippen LogP contribution in [0.3, 0.4) is 0 Å². The van der Waals surface area contributed by atoms with Crippen LogP contribution in [0.4, 0.5) is 0 Å². The Bertz CT molecular complexity index is 729. The van der Waals surface area contributed by atoms with Crippen LogP contribution in [-0.2, 0) is 16.9 Å². The number of halogens is 2. The van der Waals surface area contributed by atoms with Crippen molar-refractivity contribution in [1.82, 2.24) is 9.80 Å². The predicted molar refractivity (Wildman–Crippen MR) is 116 cm³/mol. The number of aryl methyl sites for hydroxylation is 1. The number of nitrogens with zero attached hydrogens (tertiary/aromatic N) is 2. The second-order valence-corrected chi connectivity index (χ2v) is 7.06. The third-order valence-corrected chi connectivity index (χ3v) is 5.13. The molecule has 0 spiro atoms. The normalized spacial score (nSPS) is 16.6. The molecule has 1 aliphatic rings. The second kappa shape index (κ2) is 10.1. The number of carbonyl (C=O) groups excluding carboxylic acids is 1. The van der Waals surface area contributed by atoms with Crippen LogP contribution in [-0.4, -0.2) is 41.9 Å². The van der Waals surface area contributed by atoms with Crippen molar-refractivity contribution in [3.63, 3.8) is 0 Å². The van der Waals surface area contributed by atoms with E-state index in [2.05, 4.69) is 36.1 Å². The first kappa shape index (κ1) is 23.4. The van der Waals surface area contributed by atoms with Crippen LogP contribution in [0.15, 0.2) is 54.6 Å². The highest BCUT2D eigenvalue weighted by Gasteiger charge is 2.35. The smallest absolute Gasteiger partial charge is 0.247 e. The standard InChI is InChI=1S/C21H27N3O.2ClH/c1-17-8-6-7-9-18(17)16-23-12-14-24(15-13-23)20(25)21(2,22)19-10-4-3-5-11-19;;/h3-11H,12-16,22H2,1-2H3;2*1H. The van der Waals surface area contributed by atoms with Crippen molar-refractivity contribution in [2.75, 3.05) is 26.2 Å². The summed E-state index contributed by atoms with van der Waals surface area (Å²) >= 11 is 0. The van der Waals surface area contributed by atoms with Crippen molar-refractivity contribution in [3.05, 3.63) is 71.3 Å². The molecule has 2 aromatic carbocycles. The lowest BCUT2D eigenvalue weighted by Gasteiger charge is -2.38. The average molecular weight is 410 g/mol. The number of piperazine rings is 1. The monoisotopic (exact) mass is 409 g/mol. The molecule has 0 aromatic heterocycles. The minimum absolute atomic E-state index is 0. The van der Waals surface area contributed by atoms with Gasteiger partial charge in [0.25, 0.3) is 0 Å². The first-order chi connectivity index (χ1) is 12.0. The lowest BCUT2D eigenvalue weighted by atomic mass is 9.91. The molecule has 1 aliphatic heterocycles. The van der Waals surface area contributed by atoms with Gasteiger partial charge >= 0.3 is 0 Å². The second-order valence-electron chi connectivity index (χ2n) is 7.06. The van der Waals surface area contributed by atoms with Gasteiger partial charge in [0.1, 0.15) is 5.54 Å². The molecule has 4 nitrogen and oxygen atoms in total. The molecule has 0 saturated carbocycles. The molecule has 0 radical (unpaired) electrons. The molecular formula is C21H29Cl2N3O. The molecule has 6 heteroatoms. The SMILES string of the molecule is Cc1ccccc1CN1CCN(C(=O)C(C)(N)c2ccccc2)CC1.Cl.Cl. The summed E-state index contributed by atoms with van der Waals surface area (Å²) < 4.78 is 0. The molecule has 0 bridgehead atoms. The Morgan fingerprint density at radius 3 is 2.11 bits per heavy atom. The van der Waals surface area contributed by atoms with Gasteiger partial charge in [-0.25, -0.2) is 0 Å². The molecule has 148 valence electrons. The molecule has 0 aliphatic carbocycles. The minimum Gasteiger partial charge on any atom is -0.338 e. The van der Waals surface area contributed by atoms with Crippen LogP contribution in [0.25, 0.3) is 0 Å². The zero-order valence-electron chi connectivity index (χ0n) is 15.9. The van der Waals surface area contributed by atoms with Gasteiger partial charge in [0.2, 0.25) is 5.91 Å². The maximum atomic E-state index is 12.9. The van der Waals surface area contributed by atoms with Gasteiger partial charge in [0.05, 0.1) is 0 Å². The summed E-state index contributed by atoms with van der Waals surface area (Å²) in [6.07, 6.45) is 0. The number of hydrogen-bond acceptors (Lipinski definition) is 3. The summed E-state index contributed by atoms with van der Waals surface area (Å²) in [5.41, 5.74) is 8.95. The molecule has 1 amide bonds. The molecular weight excluding hydrogens is 381 g/mol. The van der Waals surface area contributed by atoms with Crippen molar-refractivity contribution in [1.29, 1.82) is 0 Å². The Balaban J connectivity index is 0.00000182. The molecule has 2 N–H and O–H groups in total. The van der Waals surface area contributed by atoms with Crippen molar-refractivity contribution in [3.8, 4) is 0 Å². The number of benzene rings is 2. The predicted octanol–water partition coefficient (Wildman–Crippen LogP) is 3.36. The van der Waals surface area contributed by atoms with Crippen molar-refractivity contribution >= 4 is 30.7 Å². The number of amides is 1.